The molecule has 20 heavy (non-hydrogen) atoms. The lowest BCUT2D eigenvalue weighted by Crippen LogP contribution is -2.18. The summed E-state index contributed by atoms with van der Waals surface area (Å²) in [5.41, 5.74) is 1.18. The Bertz CT molecular complexity index is 371. The first-order valence-electron chi connectivity index (χ1n) is 7.89. The third kappa shape index (κ3) is 6.58. The lowest BCUT2D eigenvalue weighted by Gasteiger charge is -2.10. The van der Waals surface area contributed by atoms with Crippen molar-refractivity contribution >= 4 is 0 Å². The van der Waals surface area contributed by atoms with Crippen molar-refractivity contribution in [1.29, 1.82) is 0 Å². The van der Waals surface area contributed by atoms with Crippen molar-refractivity contribution in [2.24, 2.45) is 11.8 Å². The van der Waals surface area contributed by atoms with Crippen LogP contribution in [-0.4, -0.2) is 13.2 Å². The lowest BCUT2D eigenvalue weighted by molar-refractivity contribution is 0.0886. The summed E-state index contributed by atoms with van der Waals surface area (Å²) in [6, 6.07) is 2.12. The predicted molar refractivity (Wildman–Crippen MR) is 83.7 cm³/mol. The lowest BCUT2D eigenvalue weighted by atomic mass is 10.1. The Morgan fingerprint density at radius 3 is 2.70 bits per heavy atom. The van der Waals surface area contributed by atoms with E-state index in [2.05, 4.69) is 39.1 Å². The molecule has 0 fully saturated rings. The summed E-state index contributed by atoms with van der Waals surface area (Å²) in [5.74, 6) is 3.28. The van der Waals surface area contributed by atoms with Crippen LogP contribution in [0.25, 0.3) is 0 Å². The van der Waals surface area contributed by atoms with Crippen molar-refractivity contribution in [2.75, 3.05) is 13.2 Å². The summed E-state index contributed by atoms with van der Waals surface area (Å²) >= 11 is 0. The first kappa shape index (κ1) is 17.3. The van der Waals surface area contributed by atoms with Gasteiger partial charge in [0.2, 0.25) is 0 Å². The van der Waals surface area contributed by atoms with Gasteiger partial charge in [-0.2, -0.15) is 0 Å². The monoisotopic (exact) mass is 281 g/mol. The maximum absolute atomic E-state index is 5.79. The van der Waals surface area contributed by atoms with E-state index < -0.39 is 0 Å². The van der Waals surface area contributed by atoms with Gasteiger partial charge >= 0.3 is 0 Å². The van der Waals surface area contributed by atoms with E-state index in [1.54, 1.807) is 0 Å². The van der Waals surface area contributed by atoms with Crippen LogP contribution in [0.5, 0.6) is 0 Å². The molecule has 116 valence electrons. The largest absolute Gasteiger partial charge is 0.465 e. The summed E-state index contributed by atoms with van der Waals surface area (Å²) in [7, 11) is 0. The van der Waals surface area contributed by atoms with Crippen molar-refractivity contribution in [1.82, 2.24) is 5.32 Å². The highest BCUT2D eigenvalue weighted by Gasteiger charge is 2.08. The van der Waals surface area contributed by atoms with Crippen molar-refractivity contribution in [3.8, 4) is 0 Å². The van der Waals surface area contributed by atoms with E-state index in [0.29, 0.717) is 18.4 Å². The molecule has 3 heteroatoms. The second kappa shape index (κ2) is 9.19. The standard InChI is InChI=1S/C17H31NO2/c1-6-7-14(4)11-19-12-16-8-17(20-15(16)5)10-18-9-13(2)3/h8,13-14,18H,6-7,9-12H2,1-5H3. The minimum atomic E-state index is 0.638. The second-order valence-corrected chi connectivity index (χ2v) is 6.23. The zero-order valence-corrected chi connectivity index (χ0v) is 13.8. The van der Waals surface area contributed by atoms with Gasteiger partial charge in [-0.05, 0) is 37.8 Å². The van der Waals surface area contributed by atoms with Crippen LogP contribution < -0.4 is 5.32 Å². The van der Waals surface area contributed by atoms with Gasteiger partial charge in [0.1, 0.15) is 11.5 Å². The summed E-state index contributed by atoms with van der Waals surface area (Å²) in [6.07, 6.45) is 2.45. The van der Waals surface area contributed by atoms with E-state index in [9.17, 15) is 0 Å². The van der Waals surface area contributed by atoms with Crippen LogP contribution >= 0.6 is 0 Å². The molecule has 1 aromatic heterocycles. The fourth-order valence-corrected chi connectivity index (χ4v) is 2.25. The number of nitrogens with one attached hydrogen (secondary N) is 1. The van der Waals surface area contributed by atoms with Gasteiger partial charge < -0.3 is 14.5 Å². The molecule has 0 radical (unpaired) electrons. The van der Waals surface area contributed by atoms with E-state index in [1.165, 1.54) is 18.4 Å². The molecule has 1 unspecified atom stereocenters. The molecule has 0 aliphatic heterocycles. The van der Waals surface area contributed by atoms with E-state index in [-0.39, 0.29) is 0 Å². The molecule has 1 N–H and O–H groups in total. The highest BCUT2D eigenvalue weighted by atomic mass is 16.5. The molecule has 0 aromatic carbocycles. The van der Waals surface area contributed by atoms with Gasteiger partial charge in [0, 0.05) is 12.2 Å². The predicted octanol–water partition coefficient (Wildman–Crippen LogP) is 4.29. The molecule has 0 spiro atoms. The molecule has 0 aliphatic rings. The smallest absolute Gasteiger partial charge is 0.118 e. The van der Waals surface area contributed by atoms with E-state index in [1.807, 2.05) is 6.92 Å². The first-order valence-corrected chi connectivity index (χ1v) is 7.89. The molecule has 0 aliphatic carbocycles. The minimum absolute atomic E-state index is 0.638. The molecule has 1 atom stereocenters. The molecule has 1 rings (SSSR count). The number of rotatable bonds is 10. The van der Waals surface area contributed by atoms with Gasteiger partial charge in [-0.25, -0.2) is 0 Å². The maximum Gasteiger partial charge on any atom is 0.118 e. The van der Waals surface area contributed by atoms with Crippen LogP contribution in [0, 0.1) is 18.8 Å². The average Bonchev–Trinajstić information content (AvgIpc) is 2.70. The zero-order chi connectivity index (χ0) is 15.0. The van der Waals surface area contributed by atoms with Crippen molar-refractivity contribution in [3.05, 3.63) is 23.2 Å². The zero-order valence-electron chi connectivity index (χ0n) is 13.8. The van der Waals surface area contributed by atoms with Crippen LogP contribution in [0.4, 0.5) is 0 Å². The number of hydrogen-bond acceptors (Lipinski definition) is 3. The second-order valence-electron chi connectivity index (χ2n) is 6.23. The molecule has 1 aromatic rings. The van der Waals surface area contributed by atoms with Gasteiger partial charge in [-0.15, -0.1) is 0 Å². The molecule has 1 heterocycles. The molecular formula is C17H31NO2. The fraction of sp³-hybridized carbons (Fsp3) is 0.765. The van der Waals surface area contributed by atoms with E-state index in [0.717, 1.165) is 31.2 Å². The van der Waals surface area contributed by atoms with Crippen molar-refractivity contribution in [3.63, 3.8) is 0 Å². The topological polar surface area (TPSA) is 34.4 Å². The first-order chi connectivity index (χ1) is 9.52. The highest BCUT2D eigenvalue weighted by Crippen LogP contribution is 2.16. The third-order valence-electron chi connectivity index (χ3n) is 3.36. The maximum atomic E-state index is 5.79. The number of aryl methyl sites for hydroxylation is 1. The Labute approximate surface area is 124 Å². The van der Waals surface area contributed by atoms with Crippen LogP contribution in [0.15, 0.2) is 10.5 Å². The minimum Gasteiger partial charge on any atom is -0.465 e. The Morgan fingerprint density at radius 1 is 1.30 bits per heavy atom. The van der Waals surface area contributed by atoms with Crippen LogP contribution in [0.2, 0.25) is 0 Å². The SMILES string of the molecule is CCCC(C)COCc1cc(CNCC(C)C)oc1C. The Balaban J connectivity index is 2.33. The Kier molecular flexibility index (Phi) is 7.93. The summed E-state index contributed by atoms with van der Waals surface area (Å²) in [4.78, 5) is 0. The molecule has 0 saturated heterocycles. The molecule has 0 bridgehead atoms. The van der Waals surface area contributed by atoms with Gasteiger partial charge in [-0.3, -0.25) is 0 Å². The quantitative estimate of drug-likeness (QED) is 0.695. The van der Waals surface area contributed by atoms with Gasteiger partial charge in [0.25, 0.3) is 0 Å². The van der Waals surface area contributed by atoms with Crippen LogP contribution in [0.1, 0.15) is 57.6 Å². The Hall–Kier alpha value is -0.800. The highest BCUT2D eigenvalue weighted by molar-refractivity contribution is 5.19. The van der Waals surface area contributed by atoms with Gasteiger partial charge in [0.05, 0.1) is 13.2 Å². The van der Waals surface area contributed by atoms with Gasteiger partial charge in [-0.1, -0.05) is 34.1 Å². The molecule has 0 saturated carbocycles. The van der Waals surface area contributed by atoms with Crippen LogP contribution in [-0.2, 0) is 17.9 Å². The average molecular weight is 281 g/mol. The third-order valence-corrected chi connectivity index (χ3v) is 3.36. The summed E-state index contributed by atoms with van der Waals surface area (Å²) < 4.78 is 11.5. The van der Waals surface area contributed by atoms with Crippen molar-refractivity contribution in [2.45, 2.75) is 60.6 Å². The molecule has 0 amide bonds. The number of hydrogen-bond donors (Lipinski definition) is 1. The van der Waals surface area contributed by atoms with Crippen molar-refractivity contribution < 1.29 is 9.15 Å². The van der Waals surface area contributed by atoms with Gasteiger partial charge in [0.15, 0.2) is 0 Å². The molecule has 3 nitrogen and oxygen atoms in total. The number of furan rings is 1. The van der Waals surface area contributed by atoms with E-state index in [4.69, 9.17) is 9.15 Å². The fourth-order valence-electron chi connectivity index (χ4n) is 2.25. The molecular weight excluding hydrogens is 250 g/mol. The summed E-state index contributed by atoms with van der Waals surface area (Å²) in [6.45, 7) is 14.2. The Morgan fingerprint density at radius 2 is 2.05 bits per heavy atom. The summed E-state index contributed by atoms with van der Waals surface area (Å²) in [5, 5.41) is 3.40. The van der Waals surface area contributed by atoms with E-state index >= 15 is 0 Å². The number of ether oxygens (including phenoxy) is 1. The normalized spacial score (nSPS) is 13.1. The van der Waals surface area contributed by atoms with Crippen LogP contribution in [0.3, 0.4) is 0 Å².